The molecule has 0 nitrogen and oxygen atoms in total. The maximum Gasteiger partial charge on any atom is 0 e. The van der Waals surface area contributed by atoms with Crippen molar-refractivity contribution in [2.45, 2.75) is 0 Å². The van der Waals surface area contributed by atoms with E-state index in [9.17, 15) is 0 Å². The summed E-state index contributed by atoms with van der Waals surface area (Å²) in [5, 5.41) is 0. The number of hydrogen-bond acceptors (Lipinski definition) is 0. The van der Waals surface area contributed by atoms with Crippen molar-refractivity contribution in [2.75, 3.05) is 0 Å². The van der Waals surface area contributed by atoms with E-state index in [1.54, 1.807) is 0 Å². The molecule has 0 bridgehead atoms. The molecular weight excluding hydrogens is 188 g/mol. The van der Waals surface area contributed by atoms with Crippen LogP contribution in [0.5, 0.6) is 0 Å². The van der Waals surface area contributed by atoms with Crippen LogP contribution < -0.4 is 0 Å². The van der Waals surface area contributed by atoms with Gasteiger partial charge in [-0.15, -0.1) is 0 Å². The van der Waals surface area contributed by atoms with Gasteiger partial charge in [0.05, 0.1) is 0 Å². The molecule has 3 heteroatoms. The Labute approximate surface area is 56.9 Å². The van der Waals surface area contributed by atoms with Gasteiger partial charge in [-0.1, -0.05) is 0 Å². The van der Waals surface area contributed by atoms with Gasteiger partial charge in [0.1, 0.15) is 0 Å². The Morgan fingerprint density at radius 1 is 0.500 bits per heavy atom. The van der Waals surface area contributed by atoms with Crippen LogP contribution in [0.25, 0.3) is 0 Å². The van der Waals surface area contributed by atoms with Crippen LogP contribution in [-0.4, -0.2) is 0 Å². The normalized spacial score (nSPS) is 0. The predicted octanol–water partition coefficient (Wildman–Crippen LogP) is 0.443. The zero-order chi connectivity index (χ0) is 0. The standard InChI is InChI=1S/CH3.3Ni/h1H3;;;/q-1;;;. The first kappa shape index (κ1) is 50.2. The van der Waals surface area contributed by atoms with Gasteiger partial charge in [0.25, 0.3) is 0 Å². The molecule has 0 radical (unpaired) electrons. The van der Waals surface area contributed by atoms with Crippen LogP contribution in [0.2, 0.25) is 0 Å². The van der Waals surface area contributed by atoms with Crippen LogP contribution in [0.3, 0.4) is 0 Å². The molecule has 0 aliphatic carbocycles. The van der Waals surface area contributed by atoms with Crippen molar-refractivity contribution < 1.29 is 49.5 Å². The van der Waals surface area contributed by atoms with Gasteiger partial charge in [-0.2, -0.15) is 0 Å². The monoisotopic (exact) mass is 189 g/mol. The van der Waals surface area contributed by atoms with Gasteiger partial charge in [0.2, 0.25) is 0 Å². The van der Waals surface area contributed by atoms with Crippen molar-refractivity contribution in [3.8, 4) is 0 Å². The minimum atomic E-state index is 0. The summed E-state index contributed by atoms with van der Waals surface area (Å²) in [5.41, 5.74) is 0. The molecule has 0 saturated carbocycles. The van der Waals surface area contributed by atoms with E-state index in [-0.39, 0.29) is 56.9 Å². The van der Waals surface area contributed by atoms with Crippen molar-refractivity contribution >= 4 is 0 Å². The Kier molecular flexibility index (Phi) is 311. The third-order valence-corrected chi connectivity index (χ3v) is 0. The van der Waals surface area contributed by atoms with E-state index in [4.69, 9.17) is 0 Å². The third kappa shape index (κ3) is 9.77. The SMILES string of the molecule is [CH3-].[Ni].[Ni].[Ni]. The molecule has 38 valence electrons. The van der Waals surface area contributed by atoms with Crippen molar-refractivity contribution in [1.29, 1.82) is 0 Å². The fraction of sp³-hybridized carbons (Fsp3) is 0. The predicted molar refractivity (Wildman–Crippen MR) is 6.41 cm³/mol. The Morgan fingerprint density at radius 3 is 0.500 bits per heavy atom. The van der Waals surface area contributed by atoms with Crippen molar-refractivity contribution in [3.63, 3.8) is 0 Å². The molecular formula is CH3Ni3-. The first-order chi connectivity index (χ1) is 0. The maximum atomic E-state index is 0. The minimum absolute atomic E-state index is 0. The largest absolute Gasteiger partial charge is 0.358 e. The molecule has 0 aromatic heterocycles. The third-order valence-electron chi connectivity index (χ3n) is 0. The van der Waals surface area contributed by atoms with Crippen LogP contribution in [0.4, 0.5) is 0 Å². The molecule has 4 heavy (non-hydrogen) atoms. The van der Waals surface area contributed by atoms with Crippen LogP contribution in [-0.2, 0) is 49.5 Å². The van der Waals surface area contributed by atoms with E-state index in [0.717, 1.165) is 0 Å². The first-order valence-electron chi connectivity index (χ1n) is 0. The molecule has 0 aliphatic heterocycles. The zero-order valence-corrected chi connectivity index (χ0v) is 4.91. The Morgan fingerprint density at radius 2 is 0.500 bits per heavy atom. The summed E-state index contributed by atoms with van der Waals surface area (Å²) >= 11 is 0. The van der Waals surface area contributed by atoms with Gasteiger partial charge in [0, 0.05) is 49.5 Å². The molecule has 0 amide bonds. The molecule has 0 aromatic rings. The fourth-order valence-corrected chi connectivity index (χ4v) is 0. The Bertz CT molecular complexity index is 3.25. The number of hydrogen-bond donors (Lipinski definition) is 0. The molecule has 0 aromatic carbocycles. The Balaban J connectivity index is 0. The van der Waals surface area contributed by atoms with Gasteiger partial charge in [-0.3, -0.25) is 0 Å². The zero-order valence-electron chi connectivity index (χ0n) is 1.95. The molecule has 0 aliphatic rings. The quantitative estimate of drug-likeness (QED) is 0.385. The van der Waals surface area contributed by atoms with E-state index < -0.39 is 0 Å². The summed E-state index contributed by atoms with van der Waals surface area (Å²) in [6.07, 6.45) is 0. The molecule has 0 unspecified atom stereocenters. The minimum Gasteiger partial charge on any atom is -0.358 e. The van der Waals surface area contributed by atoms with E-state index in [1.165, 1.54) is 0 Å². The van der Waals surface area contributed by atoms with Crippen molar-refractivity contribution in [1.82, 2.24) is 0 Å². The summed E-state index contributed by atoms with van der Waals surface area (Å²) in [6, 6.07) is 0. The maximum absolute atomic E-state index is 0. The molecule has 0 fully saturated rings. The first-order valence-corrected chi connectivity index (χ1v) is 0. The summed E-state index contributed by atoms with van der Waals surface area (Å²) < 4.78 is 0. The van der Waals surface area contributed by atoms with Gasteiger partial charge in [-0.05, 0) is 0 Å². The smallest absolute Gasteiger partial charge is 0 e. The molecule has 0 atom stereocenters. The molecule has 0 N–H and O–H groups in total. The molecule has 0 saturated heterocycles. The van der Waals surface area contributed by atoms with E-state index in [0.29, 0.717) is 0 Å². The van der Waals surface area contributed by atoms with Gasteiger partial charge in [-0.25, -0.2) is 0 Å². The average Bonchev–Trinajstić information content (AvgIpc) is 0. The number of rotatable bonds is 0. The molecule has 0 heterocycles. The van der Waals surface area contributed by atoms with Crippen molar-refractivity contribution in [2.24, 2.45) is 0 Å². The van der Waals surface area contributed by atoms with Crippen LogP contribution in [0.15, 0.2) is 0 Å². The molecule has 0 spiro atoms. The second-order valence-electron chi connectivity index (χ2n) is 0. The van der Waals surface area contributed by atoms with Crippen LogP contribution >= 0.6 is 0 Å². The second kappa shape index (κ2) is 24.8. The van der Waals surface area contributed by atoms with Crippen LogP contribution in [0, 0.1) is 7.43 Å². The van der Waals surface area contributed by atoms with Gasteiger partial charge >= 0.3 is 0 Å². The Hall–Kier alpha value is 1.48. The van der Waals surface area contributed by atoms with Gasteiger partial charge in [0.15, 0.2) is 0 Å². The summed E-state index contributed by atoms with van der Waals surface area (Å²) in [4.78, 5) is 0. The van der Waals surface area contributed by atoms with E-state index in [1.807, 2.05) is 0 Å². The van der Waals surface area contributed by atoms with Crippen LogP contribution in [0.1, 0.15) is 0 Å². The average molecular weight is 191 g/mol. The van der Waals surface area contributed by atoms with E-state index in [2.05, 4.69) is 0 Å². The van der Waals surface area contributed by atoms with Gasteiger partial charge < -0.3 is 7.43 Å². The van der Waals surface area contributed by atoms with Crippen molar-refractivity contribution in [3.05, 3.63) is 7.43 Å². The fourth-order valence-electron chi connectivity index (χ4n) is 0. The summed E-state index contributed by atoms with van der Waals surface area (Å²) in [7, 11) is 0. The molecule has 0 rings (SSSR count). The second-order valence-corrected chi connectivity index (χ2v) is 0. The topological polar surface area (TPSA) is 0 Å². The summed E-state index contributed by atoms with van der Waals surface area (Å²) in [5.74, 6) is 0. The van der Waals surface area contributed by atoms with E-state index >= 15 is 0 Å². The summed E-state index contributed by atoms with van der Waals surface area (Å²) in [6.45, 7) is 0.